The molecule has 1 atom stereocenters. The number of nitrogens with one attached hydrogen (secondary N) is 1. The minimum Gasteiger partial charge on any atom is -0.305 e. The molecule has 1 N–H and O–H groups in total. The van der Waals surface area contributed by atoms with Crippen molar-refractivity contribution in [3.63, 3.8) is 0 Å². The van der Waals surface area contributed by atoms with E-state index < -0.39 is 0 Å². The van der Waals surface area contributed by atoms with Crippen LogP contribution in [0.3, 0.4) is 0 Å². The second-order valence-electron chi connectivity index (χ2n) is 5.83. The first-order valence-electron chi connectivity index (χ1n) is 7.90. The van der Waals surface area contributed by atoms with Crippen molar-refractivity contribution < 1.29 is 0 Å². The van der Waals surface area contributed by atoms with Gasteiger partial charge in [0.15, 0.2) is 0 Å². The van der Waals surface area contributed by atoms with Crippen molar-refractivity contribution in [3.05, 3.63) is 59.2 Å². The predicted octanol–water partition coefficient (Wildman–Crippen LogP) is 3.75. The zero-order chi connectivity index (χ0) is 14.7. The van der Waals surface area contributed by atoms with Crippen LogP contribution in [0.4, 0.5) is 0 Å². The minimum atomic E-state index is 0.139. The van der Waals surface area contributed by atoms with Crippen molar-refractivity contribution in [3.8, 4) is 0 Å². The summed E-state index contributed by atoms with van der Waals surface area (Å²) >= 11 is 0. The number of aromatic nitrogens is 2. The number of aryl methyl sites for hydroxylation is 1. The lowest BCUT2D eigenvalue weighted by Gasteiger charge is -2.30. The van der Waals surface area contributed by atoms with Gasteiger partial charge in [0.2, 0.25) is 0 Å². The van der Waals surface area contributed by atoms with E-state index in [1.807, 2.05) is 19.3 Å². The van der Waals surface area contributed by atoms with E-state index >= 15 is 0 Å². The van der Waals surface area contributed by atoms with Crippen LogP contribution in [0.5, 0.6) is 0 Å². The molecule has 1 aromatic heterocycles. The van der Waals surface area contributed by atoms with E-state index in [2.05, 4.69) is 46.5 Å². The standard InChI is InChI=1S/C18H23N3/c1-3-19-18(17-12-20-13(2)11-21-17)16-10-5-4-9-15(16)14-7-6-8-14/h4-5,9-12,14,18-19H,3,6-8H2,1-2H3. The smallest absolute Gasteiger partial charge is 0.0801 e. The van der Waals surface area contributed by atoms with Crippen molar-refractivity contribution in [1.29, 1.82) is 0 Å². The van der Waals surface area contributed by atoms with Crippen molar-refractivity contribution in [2.45, 2.75) is 45.1 Å². The van der Waals surface area contributed by atoms with Gasteiger partial charge >= 0.3 is 0 Å². The van der Waals surface area contributed by atoms with Gasteiger partial charge < -0.3 is 5.32 Å². The van der Waals surface area contributed by atoms with Gasteiger partial charge in [-0.1, -0.05) is 37.6 Å². The molecule has 1 fully saturated rings. The Kier molecular flexibility index (Phi) is 4.30. The quantitative estimate of drug-likeness (QED) is 0.907. The molecule has 21 heavy (non-hydrogen) atoms. The van der Waals surface area contributed by atoms with Gasteiger partial charge in [-0.25, -0.2) is 0 Å². The second kappa shape index (κ2) is 6.35. The summed E-state index contributed by atoms with van der Waals surface area (Å²) in [6.45, 7) is 5.03. The lowest BCUT2D eigenvalue weighted by atomic mass is 9.77. The number of rotatable bonds is 5. The lowest BCUT2D eigenvalue weighted by molar-refractivity contribution is 0.414. The van der Waals surface area contributed by atoms with Crippen LogP contribution in [0, 0.1) is 6.92 Å². The molecule has 1 saturated carbocycles. The fourth-order valence-electron chi connectivity index (χ4n) is 2.99. The van der Waals surface area contributed by atoms with Crippen LogP contribution >= 0.6 is 0 Å². The number of benzene rings is 1. The molecule has 1 aliphatic carbocycles. The third kappa shape index (κ3) is 2.98. The zero-order valence-electron chi connectivity index (χ0n) is 12.8. The molecule has 0 radical (unpaired) electrons. The first-order chi connectivity index (χ1) is 10.3. The number of hydrogen-bond donors (Lipinski definition) is 1. The van der Waals surface area contributed by atoms with E-state index in [0.29, 0.717) is 0 Å². The molecule has 0 spiro atoms. The van der Waals surface area contributed by atoms with Crippen LogP contribution in [0.1, 0.15) is 60.7 Å². The Balaban J connectivity index is 1.99. The van der Waals surface area contributed by atoms with E-state index in [-0.39, 0.29) is 6.04 Å². The lowest BCUT2D eigenvalue weighted by Crippen LogP contribution is -2.25. The molecule has 3 nitrogen and oxygen atoms in total. The molecule has 2 aromatic rings. The van der Waals surface area contributed by atoms with Gasteiger partial charge in [0, 0.05) is 6.20 Å². The first kappa shape index (κ1) is 14.2. The summed E-state index contributed by atoms with van der Waals surface area (Å²) in [6.07, 6.45) is 7.74. The Morgan fingerprint density at radius 1 is 1.19 bits per heavy atom. The Labute approximate surface area is 126 Å². The molecule has 3 rings (SSSR count). The normalized spacial score (nSPS) is 16.5. The Bertz CT molecular complexity index is 588. The maximum atomic E-state index is 4.59. The highest BCUT2D eigenvalue weighted by atomic mass is 14.9. The Morgan fingerprint density at radius 3 is 2.62 bits per heavy atom. The maximum absolute atomic E-state index is 4.59. The summed E-state index contributed by atoms with van der Waals surface area (Å²) in [6, 6.07) is 8.94. The van der Waals surface area contributed by atoms with Gasteiger partial charge in [0.05, 0.1) is 23.6 Å². The highest BCUT2D eigenvalue weighted by Gasteiger charge is 2.25. The SMILES string of the molecule is CCNC(c1cnc(C)cn1)c1ccccc1C1CCC1. The van der Waals surface area contributed by atoms with Crippen LogP contribution in [-0.2, 0) is 0 Å². The fourth-order valence-corrected chi connectivity index (χ4v) is 2.99. The largest absolute Gasteiger partial charge is 0.305 e. The third-order valence-electron chi connectivity index (χ3n) is 4.36. The Hall–Kier alpha value is -1.74. The maximum Gasteiger partial charge on any atom is 0.0801 e. The highest BCUT2D eigenvalue weighted by molar-refractivity contribution is 5.38. The van der Waals surface area contributed by atoms with Crippen molar-refractivity contribution in [2.75, 3.05) is 6.54 Å². The molecule has 3 heteroatoms. The third-order valence-corrected chi connectivity index (χ3v) is 4.36. The molecule has 0 bridgehead atoms. The monoisotopic (exact) mass is 281 g/mol. The molecule has 0 saturated heterocycles. The van der Waals surface area contributed by atoms with Crippen molar-refractivity contribution in [2.24, 2.45) is 0 Å². The van der Waals surface area contributed by atoms with Crippen LogP contribution in [0.15, 0.2) is 36.7 Å². The van der Waals surface area contributed by atoms with Gasteiger partial charge in [0.25, 0.3) is 0 Å². The van der Waals surface area contributed by atoms with Gasteiger partial charge in [-0.05, 0) is 43.4 Å². The van der Waals surface area contributed by atoms with Crippen molar-refractivity contribution >= 4 is 0 Å². The van der Waals surface area contributed by atoms with E-state index in [4.69, 9.17) is 0 Å². The highest BCUT2D eigenvalue weighted by Crippen LogP contribution is 2.40. The first-order valence-corrected chi connectivity index (χ1v) is 7.90. The summed E-state index contributed by atoms with van der Waals surface area (Å²) < 4.78 is 0. The summed E-state index contributed by atoms with van der Waals surface area (Å²) in [5.74, 6) is 0.723. The van der Waals surface area contributed by atoms with Crippen LogP contribution in [0.25, 0.3) is 0 Å². The van der Waals surface area contributed by atoms with Crippen LogP contribution in [-0.4, -0.2) is 16.5 Å². The van der Waals surface area contributed by atoms with E-state index in [0.717, 1.165) is 23.9 Å². The fraction of sp³-hybridized carbons (Fsp3) is 0.444. The predicted molar refractivity (Wildman–Crippen MR) is 85.3 cm³/mol. The molecule has 0 amide bonds. The molecular weight excluding hydrogens is 258 g/mol. The minimum absolute atomic E-state index is 0.139. The molecule has 1 unspecified atom stereocenters. The van der Waals surface area contributed by atoms with E-state index in [1.165, 1.54) is 30.4 Å². The molecule has 1 aliphatic rings. The molecule has 110 valence electrons. The average molecular weight is 281 g/mol. The topological polar surface area (TPSA) is 37.8 Å². The zero-order valence-corrected chi connectivity index (χ0v) is 12.8. The number of nitrogens with zero attached hydrogens (tertiary/aromatic N) is 2. The molecule has 1 heterocycles. The summed E-state index contributed by atoms with van der Waals surface area (Å²) in [7, 11) is 0. The van der Waals surface area contributed by atoms with Gasteiger partial charge in [0.1, 0.15) is 0 Å². The summed E-state index contributed by atoms with van der Waals surface area (Å²) in [5.41, 5.74) is 4.81. The molecule has 0 aliphatic heterocycles. The van der Waals surface area contributed by atoms with Crippen molar-refractivity contribution in [1.82, 2.24) is 15.3 Å². The summed E-state index contributed by atoms with van der Waals surface area (Å²) in [5, 5.41) is 3.58. The molecule has 1 aromatic carbocycles. The van der Waals surface area contributed by atoms with Crippen LogP contribution < -0.4 is 5.32 Å². The van der Waals surface area contributed by atoms with Gasteiger partial charge in [-0.15, -0.1) is 0 Å². The Morgan fingerprint density at radius 2 is 2.00 bits per heavy atom. The molecular formula is C18H23N3. The van der Waals surface area contributed by atoms with E-state index in [1.54, 1.807) is 0 Å². The van der Waals surface area contributed by atoms with Crippen LogP contribution in [0.2, 0.25) is 0 Å². The number of hydrogen-bond acceptors (Lipinski definition) is 3. The van der Waals surface area contributed by atoms with Gasteiger partial charge in [-0.2, -0.15) is 0 Å². The van der Waals surface area contributed by atoms with E-state index in [9.17, 15) is 0 Å². The second-order valence-corrected chi connectivity index (χ2v) is 5.83. The average Bonchev–Trinajstić information content (AvgIpc) is 2.45. The summed E-state index contributed by atoms with van der Waals surface area (Å²) in [4.78, 5) is 9.01. The van der Waals surface area contributed by atoms with Gasteiger partial charge in [-0.3, -0.25) is 9.97 Å².